The summed E-state index contributed by atoms with van der Waals surface area (Å²) in [6.07, 6.45) is 4.02. The van der Waals surface area contributed by atoms with Crippen molar-refractivity contribution in [3.63, 3.8) is 0 Å². The van der Waals surface area contributed by atoms with Crippen LogP contribution in [0.5, 0.6) is 0 Å². The number of nitrogens with zero attached hydrogens (tertiary/aromatic N) is 2. The Balaban J connectivity index is 1.47. The highest BCUT2D eigenvalue weighted by molar-refractivity contribution is 8.00. The molecule has 1 saturated heterocycles. The molecule has 0 radical (unpaired) electrons. The van der Waals surface area contributed by atoms with Gasteiger partial charge < -0.3 is 20.5 Å². The number of alkyl carbamates (subject to hydrolysis) is 1. The second-order valence-corrected chi connectivity index (χ2v) is 14.0. The summed E-state index contributed by atoms with van der Waals surface area (Å²) < 4.78 is 5.64. The van der Waals surface area contributed by atoms with E-state index >= 15 is 0 Å². The lowest BCUT2D eigenvalue weighted by Crippen LogP contribution is -2.58. The fourth-order valence-electron chi connectivity index (χ4n) is 5.57. The molecule has 0 saturated carbocycles. The van der Waals surface area contributed by atoms with E-state index < -0.39 is 24.3 Å². The monoisotopic (exact) mass is 618 g/mol. The van der Waals surface area contributed by atoms with Gasteiger partial charge in [0.15, 0.2) is 0 Å². The predicted molar refractivity (Wildman–Crippen MR) is 176 cm³/mol. The van der Waals surface area contributed by atoms with E-state index in [-0.39, 0.29) is 29.8 Å². The van der Waals surface area contributed by atoms with Gasteiger partial charge in [-0.2, -0.15) is 0 Å². The van der Waals surface area contributed by atoms with Crippen molar-refractivity contribution in [3.8, 4) is 0 Å². The molecule has 1 aliphatic rings. The van der Waals surface area contributed by atoms with Crippen LogP contribution in [0.1, 0.15) is 55.9 Å². The van der Waals surface area contributed by atoms with E-state index in [1.54, 1.807) is 18.0 Å². The Morgan fingerprint density at radius 2 is 1.80 bits per heavy atom. The maximum atomic E-state index is 13.6. The molecule has 4 rings (SSSR count). The molecule has 8 nitrogen and oxygen atoms in total. The van der Waals surface area contributed by atoms with Crippen molar-refractivity contribution in [1.29, 1.82) is 0 Å². The van der Waals surface area contributed by atoms with Crippen molar-refractivity contribution >= 4 is 23.8 Å². The average molecular weight is 619 g/mol. The molecule has 3 aromatic rings. The third kappa shape index (κ3) is 10.1. The van der Waals surface area contributed by atoms with E-state index in [0.29, 0.717) is 19.4 Å². The molecule has 0 bridgehead atoms. The summed E-state index contributed by atoms with van der Waals surface area (Å²) in [5.74, 6) is -0.0539. The number of benzene rings is 2. The first-order chi connectivity index (χ1) is 21.0. The van der Waals surface area contributed by atoms with Gasteiger partial charge in [0.1, 0.15) is 6.61 Å². The summed E-state index contributed by atoms with van der Waals surface area (Å²) in [6.45, 7) is 10.9. The highest BCUT2D eigenvalue weighted by Gasteiger charge is 2.37. The number of hydrogen-bond acceptors (Lipinski definition) is 7. The van der Waals surface area contributed by atoms with Crippen LogP contribution in [0.2, 0.25) is 0 Å². The van der Waals surface area contributed by atoms with Crippen LogP contribution in [-0.2, 0) is 22.6 Å². The second kappa shape index (κ2) is 15.5. The smallest absolute Gasteiger partial charge is 0.407 e. The van der Waals surface area contributed by atoms with Crippen LogP contribution in [0, 0.1) is 13.8 Å². The molecule has 44 heavy (non-hydrogen) atoms. The number of aliphatic hydroxyl groups is 1. The first-order valence-corrected chi connectivity index (χ1v) is 16.2. The Labute approximate surface area is 266 Å². The number of carbonyl (C=O) groups excluding carboxylic acids is 2. The van der Waals surface area contributed by atoms with Gasteiger partial charge in [-0.1, -0.05) is 48.5 Å². The van der Waals surface area contributed by atoms with E-state index in [9.17, 15) is 14.7 Å². The first-order valence-electron chi connectivity index (χ1n) is 15.3. The summed E-state index contributed by atoms with van der Waals surface area (Å²) in [5.41, 5.74) is 3.69. The minimum Gasteiger partial charge on any atom is -0.445 e. The van der Waals surface area contributed by atoms with Crippen molar-refractivity contribution in [2.75, 3.05) is 13.1 Å². The molecule has 0 spiro atoms. The zero-order chi connectivity index (χ0) is 31.7. The first kappa shape index (κ1) is 33.5. The molecule has 2 heterocycles. The van der Waals surface area contributed by atoms with Crippen LogP contribution in [0.3, 0.4) is 0 Å². The molecule has 1 aromatic heterocycles. The highest BCUT2D eigenvalue weighted by atomic mass is 32.2. The largest absolute Gasteiger partial charge is 0.445 e. The number of hydrogen-bond donors (Lipinski definition) is 3. The van der Waals surface area contributed by atoms with Gasteiger partial charge in [0, 0.05) is 41.2 Å². The van der Waals surface area contributed by atoms with Crippen molar-refractivity contribution in [1.82, 2.24) is 20.5 Å². The molecule has 1 fully saturated rings. The Morgan fingerprint density at radius 1 is 1.07 bits per heavy atom. The van der Waals surface area contributed by atoms with Gasteiger partial charge in [-0.3, -0.25) is 14.7 Å². The molecule has 236 valence electrons. The Hall–Kier alpha value is -3.40. The van der Waals surface area contributed by atoms with Crippen LogP contribution in [-0.4, -0.2) is 69.1 Å². The van der Waals surface area contributed by atoms with E-state index in [2.05, 4.69) is 20.5 Å². The zero-order valence-electron chi connectivity index (χ0n) is 26.5. The van der Waals surface area contributed by atoms with Gasteiger partial charge in [0.05, 0.1) is 18.2 Å². The fourth-order valence-corrected chi connectivity index (χ4v) is 6.73. The normalized spacial score (nSPS) is 18.7. The minimum absolute atomic E-state index is 0.0539. The number of β-amino-alcohol motifs (C(OH)–C–C–N with tert-alkyl or cyclic N) is 1. The maximum Gasteiger partial charge on any atom is 0.407 e. The number of pyridine rings is 1. The highest BCUT2D eigenvalue weighted by Crippen LogP contribution is 2.33. The number of thioether (sulfide) groups is 1. The van der Waals surface area contributed by atoms with Crippen LogP contribution in [0.15, 0.2) is 78.0 Å². The maximum absolute atomic E-state index is 13.6. The van der Waals surface area contributed by atoms with Crippen LogP contribution in [0.4, 0.5) is 4.79 Å². The molecule has 9 heteroatoms. The average Bonchev–Trinajstić information content (AvgIpc) is 2.97. The fraction of sp³-hybridized carbons (Fsp3) is 0.457. The second-order valence-electron chi connectivity index (χ2n) is 12.7. The lowest BCUT2D eigenvalue weighted by molar-refractivity contribution is -0.129. The van der Waals surface area contributed by atoms with E-state index in [1.165, 1.54) is 0 Å². The number of nitrogens with one attached hydrogen (secondary N) is 2. The summed E-state index contributed by atoms with van der Waals surface area (Å²) in [5, 5.41) is 17.9. The van der Waals surface area contributed by atoms with Gasteiger partial charge in [0.25, 0.3) is 0 Å². The van der Waals surface area contributed by atoms with E-state index in [4.69, 9.17) is 4.74 Å². The number of piperidine rings is 1. The SMILES string of the molecule is Cc1cccc(C)c1COC(=O)N[C@@H](Cc1ccccc1)[C@H](O)CN1CC[C@@H](Sc2cccnc2)C[C@H]1C(=O)NC(C)(C)C. The molecule has 0 unspecified atom stereocenters. The number of aromatic nitrogens is 1. The number of amides is 2. The quantitative estimate of drug-likeness (QED) is 0.263. The lowest BCUT2D eigenvalue weighted by Gasteiger charge is -2.41. The van der Waals surface area contributed by atoms with Crippen LogP contribution < -0.4 is 10.6 Å². The van der Waals surface area contributed by atoms with Crippen LogP contribution in [0.25, 0.3) is 0 Å². The number of aliphatic hydroxyl groups excluding tert-OH is 1. The molecule has 4 atom stereocenters. The molecule has 0 aliphatic carbocycles. The van der Waals surface area contributed by atoms with Gasteiger partial charge in [-0.15, -0.1) is 11.8 Å². The van der Waals surface area contributed by atoms with Gasteiger partial charge in [-0.25, -0.2) is 4.79 Å². The minimum atomic E-state index is -0.935. The van der Waals surface area contributed by atoms with Gasteiger partial charge in [0.2, 0.25) is 5.91 Å². The molecular weight excluding hydrogens is 572 g/mol. The molecule has 2 amide bonds. The van der Waals surface area contributed by atoms with Gasteiger partial charge in [-0.05, 0) is 88.3 Å². The number of likely N-dealkylation sites (tertiary alicyclic amines) is 1. The van der Waals surface area contributed by atoms with Crippen molar-refractivity contribution in [3.05, 3.63) is 95.3 Å². The van der Waals surface area contributed by atoms with Crippen molar-refractivity contribution in [2.24, 2.45) is 0 Å². The summed E-state index contributed by atoms with van der Waals surface area (Å²) in [7, 11) is 0. The lowest BCUT2D eigenvalue weighted by atomic mass is 9.96. The Bertz CT molecular complexity index is 1350. The molecule has 2 aromatic carbocycles. The third-order valence-corrected chi connectivity index (χ3v) is 9.16. The third-order valence-electron chi connectivity index (χ3n) is 7.88. The predicted octanol–water partition coefficient (Wildman–Crippen LogP) is 5.44. The summed E-state index contributed by atoms with van der Waals surface area (Å²) >= 11 is 1.74. The Morgan fingerprint density at radius 3 is 2.45 bits per heavy atom. The topological polar surface area (TPSA) is 104 Å². The van der Waals surface area contributed by atoms with E-state index in [0.717, 1.165) is 33.6 Å². The molecule has 1 aliphatic heterocycles. The summed E-state index contributed by atoms with van der Waals surface area (Å²) in [6, 6.07) is 18.7. The Kier molecular flexibility index (Phi) is 11.8. The number of rotatable bonds is 11. The molecular formula is C35H46N4O4S. The summed E-state index contributed by atoms with van der Waals surface area (Å²) in [4.78, 5) is 34.0. The molecule has 3 N–H and O–H groups in total. The number of carbonyl (C=O) groups is 2. The van der Waals surface area contributed by atoms with Crippen LogP contribution >= 0.6 is 11.8 Å². The number of aryl methyl sites for hydroxylation is 2. The standard InChI is InChI=1S/C35H46N4O4S/c1-24-11-9-12-25(2)29(24)23-43-34(42)37-30(19-26-13-7-6-8-14-26)32(40)22-39-18-16-27(44-28-15-10-17-36-21-28)20-31(39)33(41)38-35(3,4)5/h6-15,17,21,27,30-32,40H,16,18-20,22-23H2,1-5H3,(H,37,42)(H,38,41)/t27-,30+,31+,32-/m1/s1. The van der Waals surface area contributed by atoms with E-state index in [1.807, 2.05) is 101 Å². The van der Waals surface area contributed by atoms with Crippen molar-refractivity contribution < 1.29 is 19.4 Å². The van der Waals surface area contributed by atoms with Gasteiger partial charge >= 0.3 is 6.09 Å². The van der Waals surface area contributed by atoms with Crippen molar-refractivity contribution in [2.45, 2.75) is 94.4 Å². The number of ether oxygens (including phenoxy) is 1. The zero-order valence-corrected chi connectivity index (χ0v) is 27.3.